The lowest BCUT2D eigenvalue weighted by Gasteiger charge is -2.32. The molecular weight excluding hydrogens is 657 g/mol. The number of nitrogens with two attached hydrogens (primary N) is 1. The van der Waals surface area contributed by atoms with Gasteiger partial charge in [-0.15, -0.1) is 0 Å². The summed E-state index contributed by atoms with van der Waals surface area (Å²) in [6.07, 6.45) is -0.475. The lowest BCUT2D eigenvalue weighted by atomic mass is 9.96. The number of nitrogens with one attached hydrogen (secondary N) is 1. The zero-order valence-electron chi connectivity index (χ0n) is 28.7. The predicted molar refractivity (Wildman–Crippen MR) is 178 cm³/mol. The van der Waals surface area contributed by atoms with Gasteiger partial charge in [-0.1, -0.05) is 58.7 Å². The highest BCUT2D eigenvalue weighted by Crippen LogP contribution is 2.50. The Labute approximate surface area is 285 Å². The van der Waals surface area contributed by atoms with Crippen molar-refractivity contribution < 1.29 is 46.9 Å². The molecule has 3 heterocycles. The molecule has 2 aromatic heterocycles. The fourth-order valence-electron chi connectivity index (χ4n) is 5.30. The molecule has 1 fully saturated rings. The van der Waals surface area contributed by atoms with Gasteiger partial charge in [0.1, 0.15) is 35.3 Å². The molecule has 4 rings (SSSR count). The fraction of sp³-hybridized carbons (Fsp3) is 0.545. The summed E-state index contributed by atoms with van der Waals surface area (Å²) in [5, 5.41) is 6.98. The number of carbonyl (C=O) groups excluding carboxylic acids is 3. The first-order valence-electron chi connectivity index (χ1n) is 16.4. The van der Waals surface area contributed by atoms with Crippen LogP contribution in [-0.4, -0.2) is 69.6 Å². The monoisotopic (exact) mass is 703 g/mol. The number of fused-ring (bicyclic) bond motifs is 1. The lowest BCUT2D eigenvalue weighted by molar-refractivity contribution is -0.171. The Morgan fingerprint density at radius 1 is 1.04 bits per heavy atom. The van der Waals surface area contributed by atoms with Gasteiger partial charge in [-0.05, 0) is 44.0 Å². The molecule has 0 bridgehead atoms. The molecule has 6 atom stereocenters. The molecule has 49 heavy (non-hydrogen) atoms. The maximum Gasteiger partial charge on any atom is 0.459 e. The van der Waals surface area contributed by atoms with Crippen molar-refractivity contribution in [3.63, 3.8) is 0 Å². The SMILES string of the molecule is CCC(=O)O[C@H]1[C@H](c2ccc3c(N)ncnn23)O[C@](C)(CO[P@@](=O)(N[C@@H](C)C(=O)OCC(CC)CC)Oc2ccccc2)[C@H]1OC(=O)CC. The smallest absolute Gasteiger partial charge is 0.459 e. The Hall–Kier alpha value is -4.04. The van der Waals surface area contributed by atoms with Crippen molar-refractivity contribution in [3.05, 3.63) is 54.5 Å². The number of nitrogens with zero attached hydrogens (tertiary/aromatic N) is 3. The summed E-state index contributed by atoms with van der Waals surface area (Å²) >= 11 is 0. The van der Waals surface area contributed by atoms with Crippen molar-refractivity contribution >= 4 is 37.0 Å². The van der Waals surface area contributed by atoms with Crippen LogP contribution >= 0.6 is 7.75 Å². The second-order valence-electron chi connectivity index (χ2n) is 12.0. The molecule has 3 aromatic rings. The summed E-state index contributed by atoms with van der Waals surface area (Å²) in [7, 11) is -4.38. The topological polar surface area (TPSA) is 192 Å². The summed E-state index contributed by atoms with van der Waals surface area (Å²) in [6.45, 7) is 10.0. The zero-order chi connectivity index (χ0) is 35.8. The summed E-state index contributed by atoms with van der Waals surface area (Å²) < 4.78 is 51.5. The van der Waals surface area contributed by atoms with Gasteiger partial charge in [0.2, 0.25) is 0 Å². The third-order valence-electron chi connectivity index (χ3n) is 8.31. The van der Waals surface area contributed by atoms with Gasteiger partial charge < -0.3 is 29.2 Å². The van der Waals surface area contributed by atoms with E-state index in [1.165, 1.54) is 17.8 Å². The van der Waals surface area contributed by atoms with E-state index in [-0.39, 0.29) is 36.9 Å². The molecule has 0 unspecified atom stereocenters. The molecule has 0 aliphatic carbocycles. The third kappa shape index (κ3) is 9.15. The second kappa shape index (κ2) is 16.6. The van der Waals surface area contributed by atoms with Gasteiger partial charge in [-0.3, -0.25) is 18.9 Å². The van der Waals surface area contributed by atoms with E-state index in [4.69, 9.17) is 33.7 Å². The maximum atomic E-state index is 14.4. The van der Waals surface area contributed by atoms with E-state index < -0.39 is 62.2 Å². The molecule has 0 radical (unpaired) electrons. The van der Waals surface area contributed by atoms with E-state index in [1.54, 1.807) is 63.2 Å². The van der Waals surface area contributed by atoms with Crippen molar-refractivity contribution in [2.75, 3.05) is 18.9 Å². The van der Waals surface area contributed by atoms with Gasteiger partial charge >= 0.3 is 25.7 Å². The quantitative estimate of drug-likeness (QED) is 0.109. The number of hydrogen-bond donors (Lipinski definition) is 2. The molecule has 15 nitrogen and oxygen atoms in total. The van der Waals surface area contributed by atoms with Crippen molar-refractivity contribution in [2.45, 2.75) is 97.2 Å². The molecular formula is C33H46N5O10P. The number of esters is 3. The number of carbonyl (C=O) groups is 3. The first-order valence-corrected chi connectivity index (χ1v) is 18.0. The molecule has 3 N–H and O–H groups in total. The van der Waals surface area contributed by atoms with E-state index in [2.05, 4.69) is 15.2 Å². The van der Waals surface area contributed by atoms with Crippen LogP contribution in [0.2, 0.25) is 0 Å². The third-order valence-corrected chi connectivity index (χ3v) is 9.94. The van der Waals surface area contributed by atoms with Crippen LogP contribution in [0.3, 0.4) is 0 Å². The summed E-state index contributed by atoms with van der Waals surface area (Å²) in [5.74, 6) is -1.22. The normalized spacial score (nSPS) is 22.4. The molecule has 1 aromatic carbocycles. The average molecular weight is 704 g/mol. The molecule has 0 amide bonds. The van der Waals surface area contributed by atoms with Crippen LogP contribution in [0.4, 0.5) is 5.82 Å². The Kier molecular flexibility index (Phi) is 12.8. The molecule has 1 saturated heterocycles. The average Bonchev–Trinajstić information content (AvgIpc) is 3.64. The second-order valence-corrected chi connectivity index (χ2v) is 13.7. The van der Waals surface area contributed by atoms with E-state index in [0.717, 1.165) is 12.8 Å². The Morgan fingerprint density at radius 3 is 2.37 bits per heavy atom. The van der Waals surface area contributed by atoms with Crippen LogP contribution in [0.1, 0.15) is 79.0 Å². The highest BCUT2D eigenvalue weighted by molar-refractivity contribution is 7.52. The molecule has 16 heteroatoms. The van der Waals surface area contributed by atoms with E-state index in [0.29, 0.717) is 11.2 Å². The minimum Gasteiger partial charge on any atom is -0.464 e. The molecule has 0 saturated carbocycles. The number of anilines is 1. The van der Waals surface area contributed by atoms with Crippen LogP contribution in [0.5, 0.6) is 5.75 Å². The van der Waals surface area contributed by atoms with Gasteiger partial charge in [0.05, 0.1) is 18.9 Å². The highest BCUT2D eigenvalue weighted by atomic mass is 31.2. The highest BCUT2D eigenvalue weighted by Gasteiger charge is 2.59. The van der Waals surface area contributed by atoms with E-state index >= 15 is 0 Å². The van der Waals surface area contributed by atoms with E-state index in [9.17, 15) is 18.9 Å². The van der Waals surface area contributed by atoms with Crippen molar-refractivity contribution in [3.8, 4) is 5.75 Å². The van der Waals surface area contributed by atoms with Gasteiger partial charge in [0.15, 0.2) is 18.0 Å². The number of benzene rings is 1. The Balaban J connectivity index is 1.68. The van der Waals surface area contributed by atoms with Crippen LogP contribution in [0.25, 0.3) is 5.52 Å². The van der Waals surface area contributed by atoms with Crippen LogP contribution in [-0.2, 0) is 42.4 Å². The van der Waals surface area contributed by atoms with Gasteiger partial charge in [-0.2, -0.15) is 10.2 Å². The minimum atomic E-state index is -4.38. The van der Waals surface area contributed by atoms with Crippen LogP contribution < -0.4 is 15.3 Å². The van der Waals surface area contributed by atoms with Gasteiger partial charge in [-0.25, -0.2) is 14.1 Å². The van der Waals surface area contributed by atoms with Gasteiger partial charge in [0.25, 0.3) is 0 Å². The summed E-state index contributed by atoms with van der Waals surface area (Å²) in [4.78, 5) is 42.5. The fourth-order valence-corrected chi connectivity index (χ4v) is 6.89. The number of hydrogen-bond acceptors (Lipinski definition) is 13. The van der Waals surface area contributed by atoms with Crippen LogP contribution in [0.15, 0.2) is 48.8 Å². The molecule has 1 aliphatic rings. The number of rotatable bonds is 17. The summed E-state index contributed by atoms with van der Waals surface area (Å²) in [6, 6.07) is 10.5. The first kappa shape index (κ1) is 37.8. The molecule has 1 aliphatic heterocycles. The van der Waals surface area contributed by atoms with Crippen molar-refractivity contribution in [1.82, 2.24) is 19.7 Å². The Morgan fingerprint density at radius 2 is 1.71 bits per heavy atom. The van der Waals surface area contributed by atoms with Crippen molar-refractivity contribution in [2.24, 2.45) is 5.92 Å². The number of ether oxygens (including phenoxy) is 4. The largest absolute Gasteiger partial charge is 0.464 e. The first-order chi connectivity index (χ1) is 23.4. The molecule has 0 spiro atoms. The maximum absolute atomic E-state index is 14.4. The number of para-hydroxylation sites is 1. The van der Waals surface area contributed by atoms with E-state index in [1.807, 2.05) is 13.8 Å². The van der Waals surface area contributed by atoms with Crippen molar-refractivity contribution in [1.29, 1.82) is 0 Å². The predicted octanol–water partition coefficient (Wildman–Crippen LogP) is 4.95. The number of nitrogen functional groups attached to an aromatic ring is 1. The van der Waals surface area contributed by atoms with Gasteiger partial charge in [0, 0.05) is 12.8 Å². The Bertz CT molecular complexity index is 1630. The molecule has 268 valence electrons. The van der Waals surface area contributed by atoms with Crippen LogP contribution in [0, 0.1) is 5.92 Å². The minimum absolute atomic E-state index is 0.0120. The summed E-state index contributed by atoms with van der Waals surface area (Å²) in [5.41, 5.74) is 5.39. The zero-order valence-corrected chi connectivity index (χ0v) is 29.6. The lowest BCUT2D eigenvalue weighted by Crippen LogP contribution is -2.48. The standard InChI is InChI=1S/C33H46N5O10P/c1-7-22(8-2)18-43-32(41)21(5)37-49(42,48-23-14-12-11-13-15-23)44-19-33(6)30(46-27(40)10-4)29(45-26(39)9-3)28(47-33)24-16-17-25-31(34)35-20-36-38(24)25/h11-17,20-22,28-30H,7-10,18-19H2,1-6H3,(H,37,42)(H2,34,35,36)/t21-,28-,29-,30-,33+,49-/m0/s1. The number of aromatic nitrogens is 3.